The summed E-state index contributed by atoms with van der Waals surface area (Å²) in [7, 11) is 1.66. The van der Waals surface area contributed by atoms with Crippen molar-refractivity contribution in [2.75, 3.05) is 12.4 Å². The highest BCUT2D eigenvalue weighted by molar-refractivity contribution is 5.47. The third-order valence-corrected chi connectivity index (χ3v) is 3.08. The Balaban J connectivity index is 1.72. The number of fused-ring (bicyclic) bond motifs is 1. The molecule has 0 radical (unpaired) electrons. The van der Waals surface area contributed by atoms with E-state index >= 15 is 0 Å². The van der Waals surface area contributed by atoms with E-state index in [2.05, 4.69) is 15.4 Å². The van der Waals surface area contributed by atoms with Crippen LogP contribution in [0.1, 0.15) is 11.3 Å². The lowest BCUT2D eigenvalue weighted by Crippen LogP contribution is -2.02. The second kappa shape index (κ2) is 5.21. The fraction of sp³-hybridized carbons (Fsp3) is 0.200. The summed E-state index contributed by atoms with van der Waals surface area (Å²) in [5, 5.41) is 7.71. The first-order valence-corrected chi connectivity index (χ1v) is 6.43. The molecule has 0 aliphatic carbocycles. The van der Waals surface area contributed by atoms with Crippen LogP contribution in [0.2, 0.25) is 0 Å². The van der Waals surface area contributed by atoms with Crippen LogP contribution in [0.5, 0.6) is 5.75 Å². The molecule has 2 aromatic heterocycles. The van der Waals surface area contributed by atoms with Crippen molar-refractivity contribution >= 4 is 11.3 Å². The van der Waals surface area contributed by atoms with E-state index in [0.717, 1.165) is 28.3 Å². The van der Waals surface area contributed by atoms with Gasteiger partial charge >= 0.3 is 0 Å². The van der Waals surface area contributed by atoms with Crippen molar-refractivity contribution in [3.8, 4) is 5.75 Å². The fourth-order valence-corrected chi connectivity index (χ4v) is 2.04. The number of nitrogens with zero attached hydrogens (tertiary/aromatic N) is 3. The number of aromatic nitrogens is 3. The van der Waals surface area contributed by atoms with E-state index in [1.54, 1.807) is 11.6 Å². The topological polar surface area (TPSA) is 51.5 Å². The quantitative estimate of drug-likeness (QED) is 0.790. The van der Waals surface area contributed by atoms with Gasteiger partial charge in [0.1, 0.15) is 5.75 Å². The van der Waals surface area contributed by atoms with Crippen molar-refractivity contribution in [2.24, 2.45) is 0 Å². The van der Waals surface area contributed by atoms with Gasteiger partial charge in [-0.15, -0.1) is 0 Å². The van der Waals surface area contributed by atoms with Crippen LogP contribution in [0.25, 0.3) is 5.65 Å². The largest absolute Gasteiger partial charge is 0.497 e. The fourth-order valence-electron chi connectivity index (χ4n) is 2.04. The van der Waals surface area contributed by atoms with Gasteiger partial charge in [-0.05, 0) is 31.2 Å². The molecular formula is C15H16N4O. The second-order valence-corrected chi connectivity index (χ2v) is 4.63. The minimum atomic E-state index is 0.703. The zero-order valence-corrected chi connectivity index (χ0v) is 11.5. The Morgan fingerprint density at radius 1 is 1.25 bits per heavy atom. The molecule has 20 heavy (non-hydrogen) atoms. The molecule has 1 N–H and O–H groups in total. The van der Waals surface area contributed by atoms with Crippen LogP contribution >= 0.6 is 0 Å². The van der Waals surface area contributed by atoms with Crippen LogP contribution in [0, 0.1) is 6.92 Å². The maximum Gasteiger partial charge on any atom is 0.155 e. The molecule has 0 saturated heterocycles. The number of ether oxygens (including phenoxy) is 1. The van der Waals surface area contributed by atoms with Gasteiger partial charge < -0.3 is 10.1 Å². The number of anilines is 1. The van der Waals surface area contributed by atoms with Crippen molar-refractivity contribution in [1.82, 2.24) is 14.6 Å². The lowest BCUT2D eigenvalue weighted by molar-refractivity contribution is 0.415. The van der Waals surface area contributed by atoms with Gasteiger partial charge in [-0.1, -0.05) is 0 Å². The maximum atomic E-state index is 5.13. The van der Waals surface area contributed by atoms with Crippen molar-refractivity contribution in [1.29, 1.82) is 0 Å². The molecular weight excluding hydrogens is 252 g/mol. The van der Waals surface area contributed by atoms with E-state index in [-0.39, 0.29) is 0 Å². The summed E-state index contributed by atoms with van der Waals surface area (Å²) < 4.78 is 6.94. The van der Waals surface area contributed by atoms with E-state index in [1.165, 1.54) is 0 Å². The molecule has 0 aliphatic heterocycles. The summed E-state index contributed by atoms with van der Waals surface area (Å²) in [4.78, 5) is 4.38. The van der Waals surface area contributed by atoms with Crippen molar-refractivity contribution in [2.45, 2.75) is 13.5 Å². The molecule has 5 heteroatoms. The summed E-state index contributed by atoms with van der Waals surface area (Å²) in [6.07, 6.45) is 3.86. The van der Waals surface area contributed by atoms with Crippen LogP contribution in [-0.4, -0.2) is 21.7 Å². The predicted octanol–water partition coefficient (Wildman–Crippen LogP) is 2.66. The van der Waals surface area contributed by atoms with Crippen molar-refractivity contribution in [3.05, 3.63) is 54.0 Å². The summed E-state index contributed by atoms with van der Waals surface area (Å²) in [5.41, 5.74) is 3.97. The Morgan fingerprint density at radius 3 is 2.80 bits per heavy atom. The molecule has 0 saturated carbocycles. The third kappa shape index (κ3) is 2.56. The van der Waals surface area contributed by atoms with Gasteiger partial charge in [0.15, 0.2) is 5.65 Å². The van der Waals surface area contributed by atoms with Gasteiger partial charge in [0.05, 0.1) is 12.8 Å². The number of rotatable bonds is 4. The lowest BCUT2D eigenvalue weighted by atomic mass is 10.3. The third-order valence-electron chi connectivity index (χ3n) is 3.08. The molecule has 3 rings (SSSR count). The second-order valence-electron chi connectivity index (χ2n) is 4.63. The minimum absolute atomic E-state index is 0.703. The van der Waals surface area contributed by atoms with Crippen molar-refractivity contribution in [3.63, 3.8) is 0 Å². The molecule has 0 unspecified atom stereocenters. The predicted molar refractivity (Wildman–Crippen MR) is 78.0 cm³/mol. The first kappa shape index (κ1) is 12.5. The number of aryl methyl sites for hydroxylation is 1. The van der Waals surface area contributed by atoms with Crippen LogP contribution in [-0.2, 0) is 6.54 Å². The van der Waals surface area contributed by atoms with E-state index < -0.39 is 0 Å². The molecule has 0 spiro atoms. The highest BCUT2D eigenvalue weighted by Gasteiger charge is 2.01. The molecule has 1 aromatic carbocycles. The molecule has 0 atom stereocenters. The van der Waals surface area contributed by atoms with Crippen LogP contribution in [0.15, 0.2) is 42.7 Å². The Bertz CT molecular complexity index is 718. The van der Waals surface area contributed by atoms with E-state index in [9.17, 15) is 0 Å². The van der Waals surface area contributed by atoms with E-state index in [1.807, 2.05) is 49.6 Å². The Kier molecular flexibility index (Phi) is 3.25. The monoisotopic (exact) mass is 268 g/mol. The average molecular weight is 268 g/mol. The summed E-state index contributed by atoms with van der Waals surface area (Å²) >= 11 is 0. The summed E-state index contributed by atoms with van der Waals surface area (Å²) in [6, 6.07) is 9.80. The van der Waals surface area contributed by atoms with Gasteiger partial charge in [-0.3, -0.25) is 0 Å². The van der Waals surface area contributed by atoms with Crippen LogP contribution in [0.4, 0.5) is 5.69 Å². The Morgan fingerprint density at radius 2 is 2.05 bits per heavy atom. The average Bonchev–Trinajstić information content (AvgIpc) is 2.85. The van der Waals surface area contributed by atoms with Gasteiger partial charge in [0.25, 0.3) is 0 Å². The molecule has 2 heterocycles. The van der Waals surface area contributed by atoms with Crippen LogP contribution < -0.4 is 10.1 Å². The smallest absolute Gasteiger partial charge is 0.155 e. The molecule has 0 amide bonds. The SMILES string of the molecule is COc1ccc(NCc2cnc3cc(C)nn3c2)cc1. The first-order valence-electron chi connectivity index (χ1n) is 6.43. The summed E-state index contributed by atoms with van der Waals surface area (Å²) in [5.74, 6) is 0.852. The van der Waals surface area contributed by atoms with Gasteiger partial charge in [0.2, 0.25) is 0 Å². The minimum Gasteiger partial charge on any atom is -0.497 e. The zero-order chi connectivity index (χ0) is 13.9. The first-order chi connectivity index (χ1) is 9.74. The lowest BCUT2D eigenvalue weighted by Gasteiger charge is -2.07. The number of hydrogen-bond donors (Lipinski definition) is 1. The number of nitrogens with one attached hydrogen (secondary N) is 1. The van der Waals surface area contributed by atoms with Gasteiger partial charge in [-0.2, -0.15) is 5.10 Å². The standard InChI is InChI=1S/C15H16N4O/c1-11-7-15-17-9-12(10-19(15)18-11)8-16-13-3-5-14(20-2)6-4-13/h3-7,9-10,16H,8H2,1-2H3. The molecule has 3 aromatic rings. The highest BCUT2D eigenvalue weighted by Crippen LogP contribution is 2.15. The highest BCUT2D eigenvalue weighted by atomic mass is 16.5. The molecule has 0 bridgehead atoms. The normalized spacial score (nSPS) is 10.7. The Hall–Kier alpha value is -2.56. The molecule has 102 valence electrons. The van der Waals surface area contributed by atoms with Crippen molar-refractivity contribution < 1.29 is 4.74 Å². The van der Waals surface area contributed by atoms with Gasteiger partial charge in [0, 0.05) is 36.3 Å². The maximum absolute atomic E-state index is 5.13. The number of benzene rings is 1. The number of hydrogen-bond acceptors (Lipinski definition) is 4. The molecule has 0 aliphatic rings. The van der Waals surface area contributed by atoms with E-state index in [0.29, 0.717) is 6.54 Å². The molecule has 5 nitrogen and oxygen atoms in total. The Labute approximate surface area is 117 Å². The molecule has 0 fully saturated rings. The number of methoxy groups -OCH3 is 1. The van der Waals surface area contributed by atoms with Crippen LogP contribution in [0.3, 0.4) is 0 Å². The summed E-state index contributed by atoms with van der Waals surface area (Å²) in [6.45, 7) is 2.66. The van der Waals surface area contributed by atoms with E-state index in [4.69, 9.17) is 4.74 Å². The zero-order valence-electron chi connectivity index (χ0n) is 11.5. The van der Waals surface area contributed by atoms with Gasteiger partial charge in [-0.25, -0.2) is 9.50 Å².